The Kier molecular flexibility index (Phi) is 5.17. The van der Waals surface area contributed by atoms with Crippen LogP contribution in [0.4, 0.5) is 0 Å². The van der Waals surface area contributed by atoms with Crippen LogP contribution >= 0.6 is 15.9 Å². The highest BCUT2D eigenvalue weighted by Gasteiger charge is 2.59. The van der Waals surface area contributed by atoms with Crippen molar-refractivity contribution in [1.82, 2.24) is 5.32 Å². The Bertz CT molecular complexity index is 794. The number of rotatable bonds is 7. The molecule has 2 atom stereocenters. The van der Waals surface area contributed by atoms with Gasteiger partial charge in [-0.1, -0.05) is 46.3 Å². The lowest BCUT2D eigenvalue weighted by Gasteiger charge is -2.59. The van der Waals surface area contributed by atoms with E-state index in [0.717, 1.165) is 24.8 Å². The van der Waals surface area contributed by atoms with Crippen LogP contribution in [0, 0.1) is 17.3 Å². The van der Waals surface area contributed by atoms with Crippen molar-refractivity contribution in [3.8, 4) is 0 Å². The number of sulfone groups is 1. The number of carbonyl (C=O) groups excluding carboxylic acids is 1. The zero-order valence-corrected chi connectivity index (χ0v) is 18.0. The molecule has 0 saturated heterocycles. The van der Waals surface area contributed by atoms with Gasteiger partial charge in [0.1, 0.15) is 0 Å². The van der Waals surface area contributed by atoms with E-state index >= 15 is 0 Å². The van der Waals surface area contributed by atoms with Crippen molar-refractivity contribution >= 4 is 31.7 Å². The zero-order valence-electron chi connectivity index (χ0n) is 15.6. The molecule has 0 aliphatic heterocycles. The molecule has 0 heterocycles. The summed E-state index contributed by atoms with van der Waals surface area (Å²) >= 11 is 3.94. The van der Waals surface area contributed by atoms with Gasteiger partial charge in [-0.15, -0.1) is 0 Å². The van der Waals surface area contributed by atoms with Gasteiger partial charge in [0.2, 0.25) is 5.91 Å². The summed E-state index contributed by atoms with van der Waals surface area (Å²) in [4.78, 5) is 13.0. The van der Waals surface area contributed by atoms with Gasteiger partial charge in [-0.25, -0.2) is 8.42 Å². The molecule has 4 bridgehead atoms. The highest BCUT2D eigenvalue weighted by atomic mass is 79.9. The molecule has 0 aromatic heterocycles. The normalized spacial score (nSPS) is 34.6. The molecule has 4 nitrogen and oxygen atoms in total. The van der Waals surface area contributed by atoms with Crippen LogP contribution in [-0.4, -0.2) is 30.9 Å². The largest absolute Gasteiger partial charge is 0.356 e. The molecular weight excluding hydrogens is 426 g/mol. The summed E-state index contributed by atoms with van der Waals surface area (Å²) in [5.74, 6) is 1.68. The third-order valence-electron chi connectivity index (χ3n) is 6.62. The third kappa shape index (κ3) is 4.26. The van der Waals surface area contributed by atoms with Gasteiger partial charge in [0, 0.05) is 10.9 Å². The van der Waals surface area contributed by atoms with Crippen LogP contribution in [0.2, 0.25) is 0 Å². The zero-order chi connectivity index (χ0) is 19.1. The van der Waals surface area contributed by atoms with Gasteiger partial charge in [0.25, 0.3) is 0 Å². The van der Waals surface area contributed by atoms with Gasteiger partial charge in [0.15, 0.2) is 9.84 Å². The Balaban J connectivity index is 1.28. The maximum atomic E-state index is 13.0. The lowest BCUT2D eigenvalue weighted by atomic mass is 9.49. The average Bonchev–Trinajstić information content (AvgIpc) is 2.57. The number of nitrogens with one attached hydrogen (secondary N) is 1. The van der Waals surface area contributed by atoms with E-state index in [2.05, 4.69) is 21.2 Å². The SMILES string of the molecule is O=C(NCCCS(=O)(=O)Cc1ccccc1)C12CC3CC(CC(Br)(C3)C1)C2. The van der Waals surface area contributed by atoms with Crippen LogP contribution in [0.5, 0.6) is 0 Å². The van der Waals surface area contributed by atoms with E-state index in [9.17, 15) is 13.2 Å². The van der Waals surface area contributed by atoms with Crippen molar-refractivity contribution < 1.29 is 13.2 Å². The lowest BCUT2D eigenvalue weighted by Crippen LogP contribution is -2.58. The topological polar surface area (TPSA) is 63.2 Å². The minimum absolute atomic E-state index is 0.0706. The van der Waals surface area contributed by atoms with Gasteiger partial charge in [-0.3, -0.25) is 4.79 Å². The average molecular weight is 454 g/mol. The Morgan fingerprint density at radius 3 is 2.41 bits per heavy atom. The van der Waals surface area contributed by atoms with Gasteiger partial charge < -0.3 is 5.32 Å². The van der Waals surface area contributed by atoms with Crippen LogP contribution in [0.25, 0.3) is 0 Å². The standard InChI is InChI=1S/C21H28BrNO3S/c22-21-12-17-9-18(13-21)11-20(10-17,15-21)19(24)23-7-4-8-27(25,26)14-16-5-2-1-3-6-16/h1-3,5-6,17-18H,4,7-15H2,(H,23,24). The Morgan fingerprint density at radius 2 is 1.78 bits per heavy atom. The lowest BCUT2D eigenvalue weighted by molar-refractivity contribution is -0.144. The van der Waals surface area contributed by atoms with E-state index in [1.165, 1.54) is 19.3 Å². The number of alkyl halides is 1. The van der Waals surface area contributed by atoms with Gasteiger partial charge in [-0.05, 0) is 62.3 Å². The van der Waals surface area contributed by atoms with Crippen molar-refractivity contribution in [2.24, 2.45) is 17.3 Å². The van der Waals surface area contributed by atoms with E-state index in [4.69, 9.17) is 0 Å². The highest BCUT2D eigenvalue weighted by molar-refractivity contribution is 9.10. The summed E-state index contributed by atoms with van der Waals surface area (Å²) < 4.78 is 24.7. The second-order valence-electron chi connectivity index (χ2n) is 9.08. The quantitative estimate of drug-likeness (QED) is 0.503. The predicted octanol–water partition coefficient (Wildman–Crippen LogP) is 3.84. The number of hydrogen-bond donors (Lipinski definition) is 1. The smallest absolute Gasteiger partial charge is 0.226 e. The van der Waals surface area contributed by atoms with Gasteiger partial charge in [0.05, 0.1) is 16.9 Å². The monoisotopic (exact) mass is 453 g/mol. The first-order chi connectivity index (χ1) is 12.8. The summed E-state index contributed by atoms with van der Waals surface area (Å²) in [6, 6.07) is 9.26. The molecule has 27 heavy (non-hydrogen) atoms. The van der Waals surface area contributed by atoms with Crippen LogP contribution in [-0.2, 0) is 20.4 Å². The second kappa shape index (κ2) is 7.18. The molecule has 0 radical (unpaired) electrons. The Labute approximate surface area is 170 Å². The molecule has 4 aliphatic rings. The van der Waals surface area contributed by atoms with Crippen molar-refractivity contribution in [3.05, 3.63) is 35.9 Å². The molecule has 4 aliphatic carbocycles. The predicted molar refractivity (Wildman–Crippen MR) is 110 cm³/mol. The number of benzene rings is 1. The van der Waals surface area contributed by atoms with Crippen LogP contribution in [0.15, 0.2) is 30.3 Å². The molecule has 5 rings (SSSR count). The summed E-state index contributed by atoms with van der Waals surface area (Å²) in [5, 5.41) is 3.07. The van der Waals surface area contributed by atoms with Crippen LogP contribution in [0.1, 0.15) is 50.5 Å². The minimum atomic E-state index is -3.15. The fourth-order valence-electron chi connectivity index (χ4n) is 6.00. The first-order valence-corrected chi connectivity index (χ1v) is 12.6. The minimum Gasteiger partial charge on any atom is -0.356 e. The molecule has 148 valence electrons. The van der Waals surface area contributed by atoms with Crippen LogP contribution < -0.4 is 5.32 Å². The summed E-state index contributed by atoms with van der Waals surface area (Å²) in [7, 11) is -3.15. The van der Waals surface area contributed by atoms with Crippen molar-refractivity contribution in [3.63, 3.8) is 0 Å². The molecule has 4 fully saturated rings. The molecule has 1 aromatic rings. The molecule has 2 unspecified atom stereocenters. The number of carbonyl (C=O) groups is 1. The summed E-state index contributed by atoms with van der Waals surface area (Å²) in [6.07, 6.45) is 7.12. The fourth-order valence-corrected chi connectivity index (χ4v) is 8.88. The maximum absolute atomic E-state index is 13.0. The fraction of sp³-hybridized carbons (Fsp3) is 0.667. The first-order valence-electron chi connectivity index (χ1n) is 9.99. The maximum Gasteiger partial charge on any atom is 0.226 e. The van der Waals surface area contributed by atoms with Crippen molar-refractivity contribution in [1.29, 1.82) is 0 Å². The second-order valence-corrected chi connectivity index (χ2v) is 12.9. The first kappa shape index (κ1) is 19.4. The number of halogens is 1. The Morgan fingerprint density at radius 1 is 1.11 bits per heavy atom. The molecule has 1 aromatic carbocycles. The molecule has 1 amide bonds. The summed E-state index contributed by atoms with van der Waals surface area (Å²) in [6.45, 7) is 0.444. The molecule has 0 spiro atoms. The van der Waals surface area contributed by atoms with E-state index in [1.54, 1.807) is 0 Å². The molecule has 6 heteroatoms. The van der Waals surface area contributed by atoms with Crippen LogP contribution in [0.3, 0.4) is 0 Å². The Hall–Kier alpha value is -0.880. The van der Waals surface area contributed by atoms with E-state index < -0.39 is 9.84 Å². The highest BCUT2D eigenvalue weighted by Crippen LogP contribution is 2.64. The van der Waals surface area contributed by atoms with Gasteiger partial charge >= 0.3 is 0 Å². The van der Waals surface area contributed by atoms with E-state index in [0.29, 0.717) is 24.8 Å². The number of hydrogen-bond acceptors (Lipinski definition) is 3. The van der Waals surface area contributed by atoms with Crippen molar-refractivity contribution in [2.45, 2.75) is 55.0 Å². The van der Waals surface area contributed by atoms with Crippen molar-refractivity contribution in [2.75, 3.05) is 12.3 Å². The molecule has 1 N–H and O–H groups in total. The number of amides is 1. The molecular formula is C21H28BrNO3S. The third-order valence-corrected chi connectivity index (χ3v) is 9.23. The van der Waals surface area contributed by atoms with E-state index in [-0.39, 0.29) is 27.2 Å². The van der Waals surface area contributed by atoms with E-state index in [1.807, 2.05) is 30.3 Å². The summed E-state index contributed by atoms with van der Waals surface area (Å²) in [5.41, 5.74) is 0.592. The molecule has 4 saturated carbocycles. The van der Waals surface area contributed by atoms with Gasteiger partial charge in [-0.2, -0.15) is 0 Å².